The maximum absolute atomic E-state index is 4.03. The van der Waals surface area contributed by atoms with E-state index >= 15 is 0 Å². The highest BCUT2D eigenvalue weighted by molar-refractivity contribution is 5.81. The van der Waals surface area contributed by atoms with E-state index in [0.29, 0.717) is 6.04 Å². The Morgan fingerprint density at radius 2 is 2.35 bits per heavy atom. The second-order valence-electron chi connectivity index (χ2n) is 4.70. The minimum absolute atomic E-state index is 0.615. The van der Waals surface area contributed by atoms with E-state index < -0.39 is 0 Å². The zero-order chi connectivity index (χ0) is 11.5. The minimum atomic E-state index is 0.615. The number of rotatable bonds is 3. The Hall–Kier alpha value is -1.55. The lowest BCUT2D eigenvalue weighted by atomic mass is 10.1. The topological polar surface area (TPSA) is 52.7 Å². The standard InChI is InChI=1S/C13H18N4/c1-2-6-14-12(3-1)9-15-11-4-5-13-10(7-11)8-16-17-13/h4-5,7-8,12,14-15H,1-3,6,9H2,(H,16,17). The molecule has 2 heterocycles. The summed E-state index contributed by atoms with van der Waals surface area (Å²) in [6, 6.07) is 6.92. The van der Waals surface area contributed by atoms with E-state index in [4.69, 9.17) is 0 Å². The van der Waals surface area contributed by atoms with Crippen LogP contribution in [0.3, 0.4) is 0 Å². The van der Waals surface area contributed by atoms with Crippen LogP contribution in [0.4, 0.5) is 5.69 Å². The number of nitrogens with zero attached hydrogens (tertiary/aromatic N) is 1. The van der Waals surface area contributed by atoms with Crippen molar-refractivity contribution in [2.75, 3.05) is 18.4 Å². The van der Waals surface area contributed by atoms with Gasteiger partial charge in [0.15, 0.2) is 0 Å². The lowest BCUT2D eigenvalue weighted by Crippen LogP contribution is -2.39. The average molecular weight is 230 g/mol. The van der Waals surface area contributed by atoms with Gasteiger partial charge in [-0.2, -0.15) is 5.10 Å². The van der Waals surface area contributed by atoms with Crippen LogP contribution in [0.2, 0.25) is 0 Å². The molecular formula is C13H18N4. The normalized spacial score (nSPS) is 20.6. The Morgan fingerprint density at radius 1 is 1.35 bits per heavy atom. The number of piperidine rings is 1. The van der Waals surface area contributed by atoms with Crippen LogP contribution in [0.15, 0.2) is 24.4 Å². The van der Waals surface area contributed by atoms with Gasteiger partial charge in [-0.05, 0) is 37.6 Å². The summed E-state index contributed by atoms with van der Waals surface area (Å²) < 4.78 is 0. The molecule has 1 aliphatic heterocycles. The molecule has 0 radical (unpaired) electrons. The second kappa shape index (κ2) is 4.75. The van der Waals surface area contributed by atoms with E-state index in [-0.39, 0.29) is 0 Å². The summed E-state index contributed by atoms with van der Waals surface area (Å²) in [5, 5.41) is 15.2. The first kappa shape index (κ1) is 10.6. The molecule has 3 N–H and O–H groups in total. The van der Waals surface area contributed by atoms with Crippen molar-refractivity contribution in [1.29, 1.82) is 0 Å². The van der Waals surface area contributed by atoms with Gasteiger partial charge >= 0.3 is 0 Å². The Labute approximate surface area is 101 Å². The first-order valence-corrected chi connectivity index (χ1v) is 6.32. The fourth-order valence-corrected chi connectivity index (χ4v) is 2.39. The number of hydrogen-bond acceptors (Lipinski definition) is 3. The van der Waals surface area contributed by atoms with Crippen molar-refractivity contribution in [3.05, 3.63) is 24.4 Å². The van der Waals surface area contributed by atoms with Crippen LogP contribution < -0.4 is 10.6 Å². The predicted molar refractivity (Wildman–Crippen MR) is 70.2 cm³/mol. The van der Waals surface area contributed by atoms with Crippen LogP contribution in [0.25, 0.3) is 10.9 Å². The molecule has 1 fully saturated rings. The fraction of sp³-hybridized carbons (Fsp3) is 0.462. The monoisotopic (exact) mass is 230 g/mol. The SMILES string of the molecule is c1cc2[nH]ncc2cc1NCC1CCCCN1. The van der Waals surface area contributed by atoms with E-state index in [1.165, 1.54) is 24.9 Å². The summed E-state index contributed by atoms with van der Waals surface area (Å²) >= 11 is 0. The molecule has 1 saturated heterocycles. The van der Waals surface area contributed by atoms with Crippen LogP contribution in [0.1, 0.15) is 19.3 Å². The average Bonchev–Trinajstić information content (AvgIpc) is 2.85. The molecule has 0 spiro atoms. The summed E-state index contributed by atoms with van der Waals surface area (Å²) in [7, 11) is 0. The van der Waals surface area contributed by atoms with E-state index in [9.17, 15) is 0 Å². The van der Waals surface area contributed by atoms with Gasteiger partial charge in [0, 0.05) is 23.7 Å². The third kappa shape index (κ3) is 2.42. The van der Waals surface area contributed by atoms with Crippen molar-refractivity contribution in [2.24, 2.45) is 0 Å². The lowest BCUT2D eigenvalue weighted by molar-refractivity contribution is 0.414. The molecule has 1 aromatic carbocycles. The van der Waals surface area contributed by atoms with Crippen molar-refractivity contribution in [3.63, 3.8) is 0 Å². The summed E-state index contributed by atoms with van der Waals surface area (Å²) in [5.74, 6) is 0. The largest absolute Gasteiger partial charge is 0.383 e. The van der Waals surface area contributed by atoms with Crippen molar-refractivity contribution in [3.8, 4) is 0 Å². The van der Waals surface area contributed by atoms with Crippen molar-refractivity contribution < 1.29 is 0 Å². The van der Waals surface area contributed by atoms with Crippen LogP contribution in [-0.2, 0) is 0 Å². The zero-order valence-corrected chi connectivity index (χ0v) is 9.87. The Bertz CT molecular complexity index is 485. The zero-order valence-electron chi connectivity index (χ0n) is 9.87. The maximum atomic E-state index is 4.03. The molecule has 17 heavy (non-hydrogen) atoms. The number of aromatic nitrogens is 2. The van der Waals surface area contributed by atoms with E-state index in [1.54, 1.807) is 0 Å². The van der Waals surface area contributed by atoms with Crippen molar-refractivity contribution in [1.82, 2.24) is 15.5 Å². The molecule has 90 valence electrons. The van der Waals surface area contributed by atoms with Gasteiger partial charge < -0.3 is 10.6 Å². The highest BCUT2D eigenvalue weighted by Crippen LogP contribution is 2.17. The highest BCUT2D eigenvalue weighted by Gasteiger charge is 2.11. The lowest BCUT2D eigenvalue weighted by Gasteiger charge is -2.24. The molecule has 4 nitrogen and oxygen atoms in total. The molecule has 0 amide bonds. The Balaban J connectivity index is 1.63. The second-order valence-corrected chi connectivity index (χ2v) is 4.70. The molecule has 0 bridgehead atoms. The van der Waals surface area contributed by atoms with Gasteiger partial charge in [0.25, 0.3) is 0 Å². The molecule has 1 aromatic heterocycles. The molecule has 2 aromatic rings. The Kier molecular flexibility index (Phi) is 2.96. The first-order chi connectivity index (χ1) is 8.42. The number of anilines is 1. The van der Waals surface area contributed by atoms with Gasteiger partial charge in [-0.3, -0.25) is 5.10 Å². The quantitative estimate of drug-likeness (QED) is 0.757. The molecule has 1 atom stereocenters. The summed E-state index contributed by atoms with van der Waals surface area (Å²) in [6.07, 6.45) is 5.80. The summed E-state index contributed by atoms with van der Waals surface area (Å²) in [5.41, 5.74) is 2.26. The predicted octanol–water partition coefficient (Wildman–Crippen LogP) is 2.12. The highest BCUT2D eigenvalue weighted by atomic mass is 15.1. The number of H-pyrrole nitrogens is 1. The van der Waals surface area contributed by atoms with Gasteiger partial charge in [-0.1, -0.05) is 6.42 Å². The fourth-order valence-electron chi connectivity index (χ4n) is 2.39. The first-order valence-electron chi connectivity index (χ1n) is 6.32. The van der Waals surface area contributed by atoms with Crippen LogP contribution in [-0.4, -0.2) is 29.3 Å². The Morgan fingerprint density at radius 3 is 3.24 bits per heavy atom. The van der Waals surface area contributed by atoms with Gasteiger partial charge in [-0.15, -0.1) is 0 Å². The molecular weight excluding hydrogens is 212 g/mol. The van der Waals surface area contributed by atoms with Gasteiger partial charge in [0.2, 0.25) is 0 Å². The maximum Gasteiger partial charge on any atom is 0.0651 e. The van der Waals surface area contributed by atoms with Gasteiger partial charge in [0.05, 0.1) is 11.7 Å². The molecule has 1 aliphatic rings. The number of fused-ring (bicyclic) bond motifs is 1. The number of benzene rings is 1. The van der Waals surface area contributed by atoms with E-state index in [1.807, 2.05) is 6.20 Å². The van der Waals surface area contributed by atoms with E-state index in [0.717, 1.165) is 24.0 Å². The summed E-state index contributed by atoms with van der Waals surface area (Å²) in [4.78, 5) is 0. The van der Waals surface area contributed by atoms with Gasteiger partial charge in [-0.25, -0.2) is 0 Å². The number of hydrogen-bond donors (Lipinski definition) is 3. The molecule has 0 aliphatic carbocycles. The third-order valence-corrected chi connectivity index (χ3v) is 3.41. The minimum Gasteiger partial charge on any atom is -0.383 e. The number of aromatic amines is 1. The van der Waals surface area contributed by atoms with Crippen LogP contribution >= 0.6 is 0 Å². The van der Waals surface area contributed by atoms with E-state index in [2.05, 4.69) is 39.0 Å². The van der Waals surface area contributed by atoms with Crippen LogP contribution in [0.5, 0.6) is 0 Å². The third-order valence-electron chi connectivity index (χ3n) is 3.41. The molecule has 0 saturated carbocycles. The smallest absolute Gasteiger partial charge is 0.0651 e. The molecule has 1 unspecified atom stereocenters. The molecule has 3 rings (SSSR count). The molecule has 4 heteroatoms. The van der Waals surface area contributed by atoms with Gasteiger partial charge in [0.1, 0.15) is 0 Å². The van der Waals surface area contributed by atoms with Crippen molar-refractivity contribution in [2.45, 2.75) is 25.3 Å². The summed E-state index contributed by atoms with van der Waals surface area (Å²) in [6.45, 7) is 2.16. The van der Waals surface area contributed by atoms with Crippen LogP contribution in [0, 0.1) is 0 Å². The van der Waals surface area contributed by atoms with Crippen molar-refractivity contribution >= 4 is 16.6 Å². The number of nitrogens with one attached hydrogen (secondary N) is 3.